The van der Waals surface area contributed by atoms with Gasteiger partial charge in [-0.3, -0.25) is 4.90 Å². The van der Waals surface area contributed by atoms with Gasteiger partial charge in [-0.25, -0.2) is 0 Å². The van der Waals surface area contributed by atoms with Crippen LogP contribution in [0.25, 0.3) is 0 Å². The number of rotatable bonds is 5. The molecule has 0 aromatic carbocycles. The van der Waals surface area contributed by atoms with E-state index in [0.29, 0.717) is 5.54 Å². The van der Waals surface area contributed by atoms with Crippen LogP contribution < -0.4 is 5.73 Å². The molecule has 2 fully saturated rings. The molecule has 0 bridgehead atoms. The molecule has 2 heteroatoms. The van der Waals surface area contributed by atoms with Crippen LogP contribution in [0.2, 0.25) is 0 Å². The lowest BCUT2D eigenvalue weighted by Crippen LogP contribution is -2.54. The summed E-state index contributed by atoms with van der Waals surface area (Å²) in [6.45, 7) is 4.49. The predicted octanol–water partition coefficient (Wildman–Crippen LogP) is 2.63. The summed E-state index contributed by atoms with van der Waals surface area (Å²) in [5.41, 5.74) is 6.41. The van der Waals surface area contributed by atoms with Gasteiger partial charge < -0.3 is 5.73 Å². The summed E-state index contributed by atoms with van der Waals surface area (Å²) in [5.74, 6) is 1.90. The molecular formula is C14H28N2. The van der Waals surface area contributed by atoms with Gasteiger partial charge in [0.1, 0.15) is 0 Å². The Hall–Kier alpha value is -0.0800. The summed E-state index contributed by atoms with van der Waals surface area (Å²) in [7, 11) is 2.30. The maximum atomic E-state index is 6.08. The molecule has 0 spiro atoms. The molecule has 2 N–H and O–H groups in total. The monoisotopic (exact) mass is 224 g/mol. The second-order valence-electron chi connectivity index (χ2n) is 6.28. The molecule has 0 saturated heterocycles. The standard InChI is InChI=1S/C14H28N2/c1-12-4-3-8-14(10-12,11-15)16(2)9-7-13-5-6-13/h12-13H,3-11,15H2,1-2H3. The minimum atomic E-state index is 0.326. The van der Waals surface area contributed by atoms with Crippen LogP contribution in [-0.4, -0.2) is 30.6 Å². The Bertz CT molecular complexity index is 225. The summed E-state index contributed by atoms with van der Waals surface area (Å²) in [6, 6.07) is 0. The lowest BCUT2D eigenvalue weighted by Gasteiger charge is -2.46. The highest BCUT2D eigenvalue weighted by Crippen LogP contribution is 2.37. The van der Waals surface area contributed by atoms with Crippen LogP contribution in [0.1, 0.15) is 51.9 Å². The zero-order valence-corrected chi connectivity index (χ0v) is 11.0. The SMILES string of the molecule is CC1CCCC(CN)(N(C)CCC2CC2)C1. The van der Waals surface area contributed by atoms with Crippen molar-refractivity contribution in [2.24, 2.45) is 17.6 Å². The second-order valence-corrected chi connectivity index (χ2v) is 6.28. The largest absolute Gasteiger partial charge is 0.329 e. The first-order valence-electron chi connectivity index (χ1n) is 7.07. The molecule has 2 aliphatic rings. The first kappa shape index (κ1) is 12.4. The first-order chi connectivity index (χ1) is 7.66. The molecule has 0 aliphatic heterocycles. The minimum absolute atomic E-state index is 0.326. The summed E-state index contributed by atoms with van der Waals surface area (Å²) in [6.07, 6.45) is 9.73. The average molecular weight is 224 g/mol. The molecule has 2 atom stereocenters. The number of hydrogen-bond donors (Lipinski definition) is 1. The van der Waals surface area contributed by atoms with E-state index in [2.05, 4.69) is 18.9 Å². The Morgan fingerprint density at radius 1 is 1.31 bits per heavy atom. The van der Waals surface area contributed by atoms with Gasteiger partial charge in [0.25, 0.3) is 0 Å². The van der Waals surface area contributed by atoms with Crippen molar-refractivity contribution < 1.29 is 0 Å². The Labute approximate surface area is 101 Å². The minimum Gasteiger partial charge on any atom is -0.329 e. The molecule has 2 unspecified atom stereocenters. The van der Waals surface area contributed by atoms with Gasteiger partial charge in [-0.1, -0.05) is 32.6 Å². The van der Waals surface area contributed by atoms with Gasteiger partial charge in [-0.2, -0.15) is 0 Å². The maximum absolute atomic E-state index is 6.08. The number of nitrogens with zero attached hydrogens (tertiary/aromatic N) is 1. The Kier molecular flexibility index (Phi) is 3.91. The van der Waals surface area contributed by atoms with Crippen LogP contribution in [0, 0.1) is 11.8 Å². The van der Waals surface area contributed by atoms with E-state index in [1.807, 2.05) is 0 Å². The van der Waals surface area contributed by atoms with Crippen LogP contribution in [-0.2, 0) is 0 Å². The summed E-state index contributed by atoms with van der Waals surface area (Å²) in [4.78, 5) is 2.58. The highest BCUT2D eigenvalue weighted by atomic mass is 15.2. The van der Waals surface area contributed by atoms with Gasteiger partial charge in [0, 0.05) is 12.1 Å². The van der Waals surface area contributed by atoms with E-state index in [0.717, 1.165) is 18.4 Å². The summed E-state index contributed by atoms with van der Waals surface area (Å²) in [5, 5.41) is 0. The second kappa shape index (κ2) is 5.05. The third kappa shape index (κ3) is 2.78. The van der Waals surface area contributed by atoms with E-state index in [4.69, 9.17) is 5.73 Å². The molecule has 0 heterocycles. The molecular weight excluding hydrogens is 196 g/mol. The molecule has 2 aliphatic carbocycles. The zero-order chi connectivity index (χ0) is 11.6. The van der Waals surface area contributed by atoms with E-state index >= 15 is 0 Å². The topological polar surface area (TPSA) is 29.3 Å². The van der Waals surface area contributed by atoms with Crippen molar-refractivity contribution in [1.29, 1.82) is 0 Å². The highest BCUT2D eigenvalue weighted by molar-refractivity contribution is 4.95. The van der Waals surface area contributed by atoms with Crippen molar-refractivity contribution in [3.63, 3.8) is 0 Å². The fourth-order valence-electron chi connectivity index (χ4n) is 3.34. The van der Waals surface area contributed by atoms with Crippen LogP contribution >= 0.6 is 0 Å². The molecule has 2 saturated carbocycles. The van der Waals surface area contributed by atoms with Gasteiger partial charge in [-0.05, 0) is 44.7 Å². The van der Waals surface area contributed by atoms with Gasteiger partial charge in [-0.15, -0.1) is 0 Å². The van der Waals surface area contributed by atoms with Crippen molar-refractivity contribution in [1.82, 2.24) is 4.90 Å². The normalized spacial score (nSPS) is 35.6. The first-order valence-corrected chi connectivity index (χ1v) is 7.07. The van der Waals surface area contributed by atoms with Crippen molar-refractivity contribution >= 4 is 0 Å². The summed E-state index contributed by atoms with van der Waals surface area (Å²) >= 11 is 0. The van der Waals surface area contributed by atoms with Crippen molar-refractivity contribution in [2.75, 3.05) is 20.1 Å². The fourth-order valence-corrected chi connectivity index (χ4v) is 3.34. The van der Waals surface area contributed by atoms with E-state index in [1.54, 1.807) is 0 Å². The molecule has 2 rings (SSSR count). The van der Waals surface area contributed by atoms with E-state index < -0.39 is 0 Å². The molecule has 0 amide bonds. The van der Waals surface area contributed by atoms with Crippen LogP contribution in [0.15, 0.2) is 0 Å². The predicted molar refractivity (Wildman–Crippen MR) is 69.4 cm³/mol. The Morgan fingerprint density at radius 3 is 2.62 bits per heavy atom. The van der Waals surface area contributed by atoms with E-state index in [9.17, 15) is 0 Å². The quantitative estimate of drug-likeness (QED) is 0.778. The Morgan fingerprint density at radius 2 is 2.06 bits per heavy atom. The molecule has 16 heavy (non-hydrogen) atoms. The molecule has 94 valence electrons. The van der Waals surface area contributed by atoms with E-state index in [-0.39, 0.29) is 0 Å². The van der Waals surface area contributed by atoms with Crippen molar-refractivity contribution in [3.05, 3.63) is 0 Å². The zero-order valence-electron chi connectivity index (χ0n) is 11.0. The van der Waals surface area contributed by atoms with Crippen molar-refractivity contribution in [3.8, 4) is 0 Å². The lowest BCUT2D eigenvalue weighted by molar-refractivity contribution is 0.0596. The van der Waals surface area contributed by atoms with Crippen molar-refractivity contribution in [2.45, 2.75) is 57.4 Å². The smallest absolute Gasteiger partial charge is 0.0331 e. The van der Waals surface area contributed by atoms with Gasteiger partial charge in [0.15, 0.2) is 0 Å². The highest BCUT2D eigenvalue weighted by Gasteiger charge is 2.37. The third-order valence-corrected chi connectivity index (χ3v) is 4.83. The third-order valence-electron chi connectivity index (χ3n) is 4.83. The van der Waals surface area contributed by atoms with Crippen LogP contribution in [0.4, 0.5) is 0 Å². The van der Waals surface area contributed by atoms with Gasteiger partial charge >= 0.3 is 0 Å². The van der Waals surface area contributed by atoms with Gasteiger partial charge in [0.05, 0.1) is 0 Å². The average Bonchev–Trinajstić information content (AvgIpc) is 3.09. The van der Waals surface area contributed by atoms with Gasteiger partial charge in [0.2, 0.25) is 0 Å². The summed E-state index contributed by atoms with van der Waals surface area (Å²) < 4.78 is 0. The molecule has 0 aromatic rings. The van der Waals surface area contributed by atoms with Crippen LogP contribution in [0.5, 0.6) is 0 Å². The molecule has 0 radical (unpaired) electrons. The lowest BCUT2D eigenvalue weighted by atomic mass is 9.75. The maximum Gasteiger partial charge on any atom is 0.0331 e. The van der Waals surface area contributed by atoms with E-state index in [1.165, 1.54) is 51.5 Å². The molecule has 0 aromatic heterocycles. The number of nitrogens with two attached hydrogens (primary N) is 1. The number of likely N-dealkylation sites (N-methyl/N-ethyl adjacent to an activating group) is 1. The number of hydrogen-bond acceptors (Lipinski definition) is 2. The fraction of sp³-hybridized carbons (Fsp3) is 1.00. The molecule has 2 nitrogen and oxygen atoms in total. The Balaban J connectivity index is 1.89. The van der Waals surface area contributed by atoms with Crippen LogP contribution in [0.3, 0.4) is 0 Å².